The van der Waals surface area contributed by atoms with Crippen LogP contribution in [0, 0.1) is 52.3 Å². The summed E-state index contributed by atoms with van der Waals surface area (Å²) in [5.74, 6) is 4.93. The van der Waals surface area contributed by atoms with Gasteiger partial charge >= 0.3 is 0 Å². The lowest BCUT2D eigenvalue weighted by Crippen LogP contribution is -2.55. The van der Waals surface area contributed by atoms with E-state index in [1.54, 1.807) is 0 Å². The number of hydrogen-bond acceptors (Lipinski definition) is 3. The highest BCUT2D eigenvalue weighted by atomic mass is 16.7. The third-order valence-corrected chi connectivity index (χ3v) is 11.9. The minimum Gasteiger partial charge on any atom is -0.393 e. The Morgan fingerprint density at radius 1 is 0.833 bits per heavy atom. The van der Waals surface area contributed by atoms with Gasteiger partial charge in [-0.25, -0.2) is 0 Å². The third-order valence-electron chi connectivity index (χ3n) is 11.9. The summed E-state index contributed by atoms with van der Waals surface area (Å²) >= 11 is 0. The molecule has 0 aromatic heterocycles. The molecule has 0 aromatic rings. The summed E-state index contributed by atoms with van der Waals surface area (Å²) in [6.07, 6.45) is 12.9. The molecule has 0 bridgehead atoms. The molecule has 6 rings (SSSR count). The summed E-state index contributed by atoms with van der Waals surface area (Å²) in [6, 6.07) is 0. The summed E-state index contributed by atoms with van der Waals surface area (Å²) in [5.41, 5.74) is 0.899. The van der Waals surface area contributed by atoms with E-state index in [2.05, 4.69) is 27.7 Å². The van der Waals surface area contributed by atoms with E-state index in [0.29, 0.717) is 34.7 Å². The van der Waals surface area contributed by atoms with Crippen molar-refractivity contribution in [1.82, 2.24) is 0 Å². The van der Waals surface area contributed by atoms with E-state index in [1.165, 1.54) is 44.9 Å². The monoisotopic (exact) mass is 416 g/mol. The van der Waals surface area contributed by atoms with Crippen LogP contribution < -0.4 is 0 Å². The van der Waals surface area contributed by atoms with E-state index in [0.717, 1.165) is 49.5 Å². The van der Waals surface area contributed by atoms with Gasteiger partial charge in [0.1, 0.15) is 0 Å². The fourth-order valence-corrected chi connectivity index (χ4v) is 10.3. The highest BCUT2D eigenvalue weighted by Gasteiger charge is 2.69. The summed E-state index contributed by atoms with van der Waals surface area (Å²) in [4.78, 5) is 0. The van der Waals surface area contributed by atoms with Crippen molar-refractivity contribution in [3.63, 3.8) is 0 Å². The van der Waals surface area contributed by atoms with E-state index in [4.69, 9.17) is 9.47 Å². The first-order chi connectivity index (χ1) is 14.3. The molecule has 1 N–H and O–H groups in total. The number of rotatable bonds is 0. The Kier molecular flexibility index (Phi) is 4.58. The molecule has 2 saturated heterocycles. The molecule has 3 nitrogen and oxygen atoms in total. The quantitative estimate of drug-likeness (QED) is 0.543. The number of aliphatic hydroxyl groups is 1. The van der Waals surface area contributed by atoms with Crippen molar-refractivity contribution in [2.24, 2.45) is 52.3 Å². The topological polar surface area (TPSA) is 38.7 Å². The van der Waals surface area contributed by atoms with E-state index in [-0.39, 0.29) is 11.9 Å². The summed E-state index contributed by atoms with van der Waals surface area (Å²) < 4.78 is 13.4. The maximum atomic E-state index is 10.3. The van der Waals surface area contributed by atoms with Crippen LogP contribution in [0.4, 0.5) is 0 Å². The zero-order chi connectivity index (χ0) is 20.9. The van der Waals surface area contributed by atoms with Crippen molar-refractivity contribution in [1.29, 1.82) is 0 Å². The van der Waals surface area contributed by atoms with Crippen LogP contribution in [0.1, 0.15) is 91.9 Å². The van der Waals surface area contributed by atoms with Gasteiger partial charge in [-0.2, -0.15) is 0 Å². The van der Waals surface area contributed by atoms with Crippen LogP contribution in [0.5, 0.6) is 0 Å². The zero-order valence-electron chi connectivity index (χ0n) is 19.7. The summed E-state index contributed by atoms with van der Waals surface area (Å²) in [7, 11) is 0. The molecule has 6 fully saturated rings. The van der Waals surface area contributed by atoms with Crippen LogP contribution in [0.2, 0.25) is 0 Å². The van der Waals surface area contributed by atoms with Gasteiger partial charge in [0, 0.05) is 12.3 Å². The Morgan fingerprint density at radius 2 is 1.63 bits per heavy atom. The third kappa shape index (κ3) is 2.61. The smallest absolute Gasteiger partial charge is 0.171 e. The Balaban J connectivity index is 1.26. The number of fused-ring (bicyclic) bond motifs is 7. The normalized spacial score (nSPS) is 62.5. The lowest BCUT2D eigenvalue weighted by Gasteiger charge is -2.61. The maximum Gasteiger partial charge on any atom is 0.171 e. The molecule has 0 radical (unpaired) electrons. The molecule has 6 aliphatic rings. The summed E-state index contributed by atoms with van der Waals surface area (Å²) in [5, 5.41) is 10.3. The zero-order valence-corrected chi connectivity index (χ0v) is 19.7. The second kappa shape index (κ2) is 6.70. The van der Waals surface area contributed by atoms with Gasteiger partial charge in [0.2, 0.25) is 0 Å². The molecule has 0 aromatic carbocycles. The van der Waals surface area contributed by atoms with Gasteiger partial charge in [0.05, 0.1) is 18.8 Å². The number of aliphatic hydroxyl groups excluding tert-OH is 1. The van der Waals surface area contributed by atoms with E-state index in [9.17, 15) is 5.11 Å². The highest BCUT2D eigenvalue weighted by molar-refractivity contribution is 5.15. The van der Waals surface area contributed by atoms with Gasteiger partial charge < -0.3 is 14.6 Å². The maximum absolute atomic E-state index is 10.3. The van der Waals surface area contributed by atoms with Crippen LogP contribution in [0.3, 0.4) is 0 Å². The second-order valence-corrected chi connectivity index (χ2v) is 13.1. The fraction of sp³-hybridized carbons (Fsp3) is 1.00. The molecule has 9 unspecified atom stereocenters. The van der Waals surface area contributed by atoms with E-state index in [1.807, 2.05) is 0 Å². The second-order valence-electron chi connectivity index (χ2n) is 13.1. The van der Waals surface area contributed by atoms with Gasteiger partial charge in [0.15, 0.2) is 5.79 Å². The first-order valence-corrected chi connectivity index (χ1v) is 13.3. The van der Waals surface area contributed by atoms with Crippen LogP contribution in [0.15, 0.2) is 0 Å². The van der Waals surface area contributed by atoms with Crippen LogP contribution in [0.25, 0.3) is 0 Å². The first kappa shape index (κ1) is 20.5. The summed E-state index contributed by atoms with van der Waals surface area (Å²) in [6.45, 7) is 10.9. The Hall–Kier alpha value is -0.120. The predicted octanol–water partition coefficient (Wildman–Crippen LogP) is 5.79. The predicted molar refractivity (Wildman–Crippen MR) is 118 cm³/mol. The van der Waals surface area contributed by atoms with Crippen molar-refractivity contribution in [2.75, 3.05) is 6.61 Å². The van der Waals surface area contributed by atoms with Gasteiger partial charge in [-0.05, 0) is 104 Å². The molecule has 12 atom stereocenters. The van der Waals surface area contributed by atoms with Crippen molar-refractivity contribution in [2.45, 2.75) is 110 Å². The molecule has 2 aliphatic heterocycles. The number of hydrogen-bond donors (Lipinski definition) is 1. The van der Waals surface area contributed by atoms with Gasteiger partial charge in [0.25, 0.3) is 0 Å². The van der Waals surface area contributed by atoms with Crippen molar-refractivity contribution >= 4 is 0 Å². The van der Waals surface area contributed by atoms with E-state index < -0.39 is 0 Å². The molecule has 4 saturated carbocycles. The van der Waals surface area contributed by atoms with Gasteiger partial charge in [-0.15, -0.1) is 0 Å². The minimum atomic E-state index is -0.282. The van der Waals surface area contributed by atoms with Crippen LogP contribution in [-0.2, 0) is 9.47 Å². The Morgan fingerprint density at radius 3 is 2.40 bits per heavy atom. The largest absolute Gasteiger partial charge is 0.393 e. The minimum absolute atomic E-state index is 0.0389. The highest BCUT2D eigenvalue weighted by Crippen LogP contribution is 2.71. The standard InChI is InChI=1S/C27H44O3/c1-16-7-12-27(29-15-16)17(2)24-23(30-27)14-22-20-6-5-18-13-19(28)8-10-25(18,3)21(20)9-11-26(22,24)4/h16-24,28H,5-15H2,1-4H3/t16-,17?,18-,19-,20?,21?,22?,23?,24?,25?,26?,27?/m1/s1. The Bertz CT molecular complexity index is 684. The van der Waals surface area contributed by atoms with Gasteiger partial charge in [-0.1, -0.05) is 27.7 Å². The first-order valence-electron chi connectivity index (χ1n) is 13.3. The van der Waals surface area contributed by atoms with Crippen molar-refractivity contribution < 1.29 is 14.6 Å². The van der Waals surface area contributed by atoms with Crippen molar-refractivity contribution in [3.8, 4) is 0 Å². The fourth-order valence-electron chi connectivity index (χ4n) is 10.3. The molecule has 2 heterocycles. The molecule has 170 valence electrons. The lowest BCUT2D eigenvalue weighted by molar-refractivity contribution is -0.273. The SMILES string of the molecule is CC1C2C(CC3C4CC[C@@H]5C[C@H](O)CCC5(C)C4CCC32C)OC12CC[C@@H](C)CO2. The molecule has 30 heavy (non-hydrogen) atoms. The van der Waals surface area contributed by atoms with E-state index >= 15 is 0 Å². The average Bonchev–Trinajstić information content (AvgIpc) is 3.16. The number of ether oxygens (including phenoxy) is 2. The molecule has 1 spiro atoms. The molecular weight excluding hydrogens is 372 g/mol. The van der Waals surface area contributed by atoms with Crippen LogP contribution in [-0.4, -0.2) is 29.7 Å². The van der Waals surface area contributed by atoms with Gasteiger partial charge in [-0.3, -0.25) is 0 Å². The molecular formula is C27H44O3. The Labute approximate surface area is 183 Å². The molecule has 3 heteroatoms. The van der Waals surface area contributed by atoms with Crippen LogP contribution >= 0.6 is 0 Å². The van der Waals surface area contributed by atoms with Crippen molar-refractivity contribution in [3.05, 3.63) is 0 Å². The molecule has 0 amide bonds. The molecule has 4 aliphatic carbocycles. The lowest BCUT2D eigenvalue weighted by atomic mass is 9.44. The average molecular weight is 417 g/mol.